The number of aliphatic imine (C=N–C) groups is 1. The average Bonchev–Trinajstić information content (AvgIpc) is 2.62. The summed E-state index contributed by atoms with van der Waals surface area (Å²) < 4.78 is 86.8. The molecule has 1 aliphatic rings. The fraction of sp³-hybridized carbons (Fsp3) is 0.800. The molecule has 2 N–H and O–H groups in total. The van der Waals surface area contributed by atoms with E-state index in [1.807, 2.05) is 5.43 Å². The summed E-state index contributed by atoms with van der Waals surface area (Å²) in [4.78, 5) is 14.8. The number of amides is 1. The number of rotatable bonds is 2. The summed E-state index contributed by atoms with van der Waals surface area (Å²) in [6, 6.07) is 0. The standard InChI is InChI=1S/C10H12F7N3O/c11-8(12,9(13,14)10(15,16)17)7(21)20-19-6-4-2-1-3-5-18-6/h1-5H2,(H,18,19)(H,20,21). The quantitative estimate of drug-likeness (QED) is 0.606. The summed E-state index contributed by atoms with van der Waals surface area (Å²) >= 11 is 0. The Morgan fingerprint density at radius 1 is 1.00 bits per heavy atom. The molecule has 122 valence electrons. The van der Waals surface area contributed by atoms with Crippen molar-refractivity contribution in [2.45, 2.75) is 43.7 Å². The SMILES string of the molecule is O=C(NNC1=NCCCCC1)C(F)(F)C(F)(F)C(F)(F)F. The van der Waals surface area contributed by atoms with Crippen LogP contribution in [-0.4, -0.2) is 36.3 Å². The summed E-state index contributed by atoms with van der Waals surface area (Å²) in [5.41, 5.74) is 3.01. The highest BCUT2D eigenvalue weighted by Gasteiger charge is 2.76. The summed E-state index contributed by atoms with van der Waals surface area (Å²) in [6.07, 6.45) is -4.14. The molecule has 0 saturated carbocycles. The van der Waals surface area contributed by atoms with E-state index < -0.39 is 23.9 Å². The van der Waals surface area contributed by atoms with Gasteiger partial charge in [-0.25, -0.2) is 0 Å². The van der Waals surface area contributed by atoms with Crippen LogP contribution in [0.1, 0.15) is 25.7 Å². The minimum Gasteiger partial charge on any atom is -0.286 e. The van der Waals surface area contributed by atoms with Crippen molar-refractivity contribution in [1.82, 2.24) is 10.9 Å². The third-order valence-electron chi connectivity index (χ3n) is 2.73. The van der Waals surface area contributed by atoms with Crippen LogP contribution in [0.4, 0.5) is 30.7 Å². The predicted molar refractivity (Wildman–Crippen MR) is 58.0 cm³/mol. The first kappa shape index (κ1) is 17.5. The van der Waals surface area contributed by atoms with E-state index in [-0.39, 0.29) is 12.3 Å². The van der Waals surface area contributed by atoms with Crippen LogP contribution in [0.2, 0.25) is 0 Å². The molecule has 0 unspecified atom stereocenters. The molecule has 0 bridgehead atoms. The maximum atomic E-state index is 13.0. The first-order valence-electron chi connectivity index (χ1n) is 5.92. The number of hydrazine groups is 1. The van der Waals surface area contributed by atoms with E-state index in [1.54, 1.807) is 0 Å². The molecule has 0 saturated heterocycles. The molecule has 0 aliphatic carbocycles. The van der Waals surface area contributed by atoms with Crippen LogP contribution in [0.5, 0.6) is 0 Å². The van der Waals surface area contributed by atoms with E-state index in [9.17, 15) is 35.5 Å². The van der Waals surface area contributed by atoms with Crippen molar-refractivity contribution >= 4 is 11.7 Å². The number of halogens is 7. The normalized spacial score (nSPS) is 17.8. The zero-order valence-electron chi connectivity index (χ0n) is 10.5. The van der Waals surface area contributed by atoms with Gasteiger partial charge in [-0.3, -0.25) is 20.6 Å². The van der Waals surface area contributed by atoms with Crippen molar-refractivity contribution in [1.29, 1.82) is 0 Å². The third-order valence-corrected chi connectivity index (χ3v) is 2.73. The molecule has 0 aromatic carbocycles. The lowest BCUT2D eigenvalue weighted by molar-refractivity contribution is -0.344. The molecule has 0 atom stereocenters. The monoisotopic (exact) mass is 323 g/mol. The number of carbonyl (C=O) groups is 1. The molecule has 1 aliphatic heterocycles. The largest absolute Gasteiger partial charge is 0.460 e. The number of nitrogens with zero attached hydrogens (tertiary/aromatic N) is 1. The first-order chi connectivity index (χ1) is 9.50. The second kappa shape index (κ2) is 6.06. The van der Waals surface area contributed by atoms with Crippen molar-refractivity contribution in [3.63, 3.8) is 0 Å². The summed E-state index contributed by atoms with van der Waals surface area (Å²) in [5, 5.41) is 0. The Morgan fingerprint density at radius 2 is 1.62 bits per heavy atom. The molecule has 1 heterocycles. The van der Waals surface area contributed by atoms with Gasteiger partial charge < -0.3 is 0 Å². The van der Waals surface area contributed by atoms with Gasteiger partial charge in [0.05, 0.1) is 0 Å². The van der Waals surface area contributed by atoms with Gasteiger partial charge in [0.2, 0.25) is 0 Å². The topological polar surface area (TPSA) is 53.5 Å². The lowest BCUT2D eigenvalue weighted by Crippen LogP contribution is -2.61. The predicted octanol–water partition coefficient (Wildman–Crippen LogP) is 2.41. The van der Waals surface area contributed by atoms with Gasteiger partial charge in [-0.2, -0.15) is 30.7 Å². The van der Waals surface area contributed by atoms with Gasteiger partial charge in [0, 0.05) is 13.0 Å². The molecule has 4 nitrogen and oxygen atoms in total. The highest BCUT2D eigenvalue weighted by molar-refractivity contribution is 5.89. The van der Waals surface area contributed by atoms with Gasteiger partial charge in [0.1, 0.15) is 5.84 Å². The molecule has 0 fully saturated rings. The van der Waals surface area contributed by atoms with Crippen LogP contribution in [-0.2, 0) is 4.79 Å². The second-order valence-electron chi connectivity index (χ2n) is 4.36. The molecular formula is C10H12F7N3O. The van der Waals surface area contributed by atoms with Crippen LogP contribution >= 0.6 is 0 Å². The zero-order valence-corrected chi connectivity index (χ0v) is 10.5. The van der Waals surface area contributed by atoms with E-state index in [0.29, 0.717) is 13.0 Å². The number of hydrogen-bond acceptors (Lipinski definition) is 3. The number of amidine groups is 1. The number of nitrogens with one attached hydrogen (secondary N) is 2. The van der Waals surface area contributed by atoms with Gasteiger partial charge in [-0.1, -0.05) is 6.42 Å². The van der Waals surface area contributed by atoms with Gasteiger partial charge in [-0.15, -0.1) is 0 Å². The molecule has 0 aromatic rings. The van der Waals surface area contributed by atoms with Crippen LogP contribution in [0, 0.1) is 0 Å². The van der Waals surface area contributed by atoms with E-state index in [1.165, 1.54) is 0 Å². The maximum absolute atomic E-state index is 13.0. The first-order valence-corrected chi connectivity index (χ1v) is 5.92. The number of alkyl halides is 7. The smallest absolute Gasteiger partial charge is 0.286 e. The molecule has 1 rings (SSSR count). The Kier molecular flexibility index (Phi) is 5.05. The number of hydrogen-bond donors (Lipinski definition) is 2. The summed E-state index contributed by atoms with van der Waals surface area (Å²) in [6.45, 7) is 0.341. The van der Waals surface area contributed by atoms with Crippen LogP contribution in [0.3, 0.4) is 0 Å². The Hall–Kier alpha value is -1.55. The minimum absolute atomic E-state index is 0.0481. The Labute approximate surface area is 114 Å². The fourth-order valence-corrected chi connectivity index (χ4v) is 1.50. The van der Waals surface area contributed by atoms with Gasteiger partial charge >= 0.3 is 23.9 Å². The van der Waals surface area contributed by atoms with Crippen LogP contribution in [0.25, 0.3) is 0 Å². The molecule has 0 radical (unpaired) electrons. The molecule has 1 amide bonds. The summed E-state index contributed by atoms with van der Waals surface area (Å²) in [7, 11) is 0. The fourth-order valence-electron chi connectivity index (χ4n) is 1.50. The second-order valence-corrected chi connectivity index (χ2v) is 4.36. The molecule has 21 heavy (non-hydrogen) atoms. The van der Waals surface area contributed by atoms with Gasteiger partial charge in [0.25, 0.3) is 0 Å². The minimum atomic E-state index is -6.55. The van der Waals surface area contributed by atoms with E-state index in [4.69, 9.17) is 0 Å². The van der Waals surface area contributed by atoms with Crippen LogP contribution < -0.4 is 10.9 Å². The molecule has 0 spiro atoms. The Morgan fingerprint density at radius 3 is 2.19 bits per heavy atom. The molecular weight excluding hydrogens is 311 g/mol. The van der Waals surface area contributed by atoms with Gasteiger partial charge in [-0.05, 0) is 12.8 Å². The highest BCUT2D eigenvalue weighted by Crippen LogP contribution is 2.46. The lowest BCUT2D eigenvalue weighted by atomic mass is 10.1. The lowest BCUT2D eigenvalue weighted by Gasteiger charge is -2.27. The number of carbonyl (C=O) groups excluding carboxylic acids is 1. The zero-order chi connectivity index (χ0) is 16.3. The van der Waals surface area contributed by atoms with Crippen molar-refractivity contribution < 1.29 is 35.5 Å². The van der Waals surface area contributed by atoms with Crippen molar-refractivity contribution in [2.75, 3.05) is 6.54 Å². The highest BCUT2D eigenvalue weighted by atomic mass is 19.4. The maximum Gasteiger partial charge on any atom is 0.460 e. The van der Waals surface area contributed by atoms with Crippen molar-refractivity contribution in [2.24, 2.45) is 4.99 Å². The molecule has 11 heteroatoms. The van der Waals surface area contributed by atoms with Crippen LogP contribution in [0.15, 0.2) is 4.99 Å². The average molecular weight is 323 g/mol. The third kappa shape index (κ3) is 3.76. The Balaban J connectivity index is 2.71. The molecule has 0 aromatic heterocycles. The van der Waals surface area contributed by atoms with Crippen molar-refractivity contribution in [3.05, 3.63) is 0 Å². The van der Waals surface area contributed by atoms with E-state index in [2.05, 4.69) is 4.99 Å². The van der Waals surface area contributed by atoms with E-state index in [0.717, 1.165) is 18.3 Å². The summed E-state index contributed by atoms with van der Waals surface area (Å²) in [5.74, 6) is -15.1. The Bertz CT molecular complexity index is 419. The van der Waals surface area contributed by atoms with Crippen molar-refractivity contribution in [3.8, 4) is 0 Å². The van der Waals surface area contributed by atoms with Gasteiger partial charge in [0.15, 0.2) is 0 Å². The van der Waals surface area contributed by atoms with E-state index >= 15 is 0 Å².